The Morgan fingerprint density at radius 2 is 2.00 bits per heavy atom. The van der Waals surface area contributed by atoms with Crippen LogP contribution in [0.3, 0.4) is 0 Å². The highest BCUT2D eigenvalue weighted by Crippen LogP contribution is 2.39. The van der Waals surface area contributed by atoms with Crippen molar-refractivity contribution >= 4 is 40.5 Å². The van der Waals surface area contributed by atoms with Gasteiger partial charge in [0.2, 0.25) is 0 Å². The molecule has 4 nitrogen and oxygen atoms in total. The van der Waals surface area contributed by atoms with Gasteiger partial charge in [0.05, 0.1) is 5.54 Å². The van der Waals surface area contributed by atoms with Crippen molar-refractivity contribution in [3.05, 3.63) is 69.8 Å². The number of fused-ring (bicyclic) bond motifs is 1. The Hall–Kier alpha value is -3.03. The Morgan fingerprint density at radius 3 is 2.67 bits per heavy atom. The number of carbonyl (C=O) groups is 1. The van der Waals surface area contributed by atoms with Crippen LogP contribution in [0, 0.1) is 18.3 Å². The van der Waals surface area contributed by atoms with E-state index in [4.69, 9.17) is 11.6 Å². The van der Waals surface area contributed by atoms with Crippen LogP contribution in [-0.4, -0.2) is 18.0 Å². The first-order chi connectivity index (χ1) is 14.2. The number of nitriles is 1. The molecule has 0 saturated heterocycles. The fraction of sp³-hybridized carbons (Fsp3) is 0.280. The number of benzene rings is 2. The molecule has 3 rings (SSSR count). The van der Waals surface area contributed by atoms with Crippen LogP contribution in [0.2, 0.25) is 5.02 Å². The first kappa shape index (κ1) is 21.7. The summed E-state index contributed by atoms with van der Waals surface area (Å²) in [6.07, 6.45) is 3.88. The number of likely N-dealkylation sites (N-methyl/N-ethyl adjacent to an activating group) is 1. The molecular weight excluding hydrogens is 394 g/mol. The number of rotatable bonds is 4. The Balaban J connectivity index is 1.94. The van der Waals surface area contributed by atoms with Gasteiger partial charge in [-0.3, -0.25) is 4.79 Å². The van der Waals surface area contributed by atoms with E-state index in [0.29, 0.717) is 10.7 Å². The molecule has 2 aromatic carbocycles. The number of nitrogens with zero attached hydrogens (tertiary/aromatic N) is 2. The van der Waals surface area contributed by atoms with Gasteiger partial charge in [-0.2, -0.15) is 5.26 Å². The number of halogens is 1. The van der Waals surface area contributed by atoms with Gasteiger partial charge < -0.3 is 10.2 Å². The summed E-state index contributed by atoms with van der Waals surface area (Å²) in [5.41, 5.74) is 5.62. The van der Waals surface area contributed by atoms with Gasteiger partial charge >= 0.3 is 0 Å². The Kier molecular flexibility index (Phi) is 6.05. The fourth-order valence-electron chi connectivity index (χ4n) is 4.02. The van der Waals surface area contributed by atoms with Crippen LogP contribution in [0.5, 0.6) is 0 Å². The number of allylic oxidation sites excluding steroid dienone is 1. The predicted molar refractivity (Wildman–Crippen MR) is 126 cm³/mol. The SMILES string of the molecule is CCN1c2ccc(/C=C(/C#N)C(=O)Nc3cccc(Cl)c3C)cc2C(C)=CC1(C)C. The highest BCUT2D eigenvalue weighted by molar-refractivity contribution is 6.31. The summed E-state index contributed by atoms with van der Waals surface area (Å²) in [5, 5.41) is 12.9. The van der Waals surface area contributed by atoms with Crippen LogP contribution >= 0.6 is 11.6 Å². The van der Waals surface area contributed by atoms with Crippen molar-refractivity contribution in [1.29, 1.82) is 5.26 Å². The molecule has 1 amide bonds. The van der Waals surface area contributed by atoms with Gasteiger partial charge in [-0.25, -0.2) is 0 Å². The maximum atomic E-state index is 12.7. The molecule has 0 saturated carbocycles. The molecule has 1 aliphatic heterocycles. The van der Waals surface area contributed by atoms with Gasteiger partial charge in [-0.15, -0.1) is 0 Å². The lowest BCUT2D eigenvalue weighted by molar-refractivity contribution is -0.112. The van der Waals surface area contributed by atoms with E-state index >= 15 is 0 Å². The van der Waals surface area contributed by atoms with Crippen LogP contribution in [0.1, 0.15) is 44.4 Å². The van der Waals surface area contributed by atoms with Gasteiger partial charge in [0.1, 0.15) is 11.6 Å². The molecular formula is C25H26ClN3O. The van der Waals surface area contributed by atoms with E-state index in [9.17, 15) is 10.1 Å². The van der Waals surface area contributed by atoms with Crippen molar-refractivity contribution in [3.8, 4) is 6.07 Å². The fourth-order valence-corrected chi connectivity index (χ4v) is 4.19. The van der Waals surface area contributed by atoms with E-state index in [1.54, 1.807) is 24.3 Å². The third kappa shape index (κ3) is 4.13. The number of carbonyl (C=O) groups excluding carboxylic acids is 1. The van der Waals surface area contributed by atoms with Gasteiger partial charge in [-0.1, -0.05) is 29.8 Å². The monoisotopic (exact) mass is 419 g/mol. The van der Waals surface area contributed by atoms with Crippen molar-refractivity contribution in [1.82, 2.24) is 0 Å². The second-order valence-electron chi connectivity index (χ2n) is 8.04. The molecule has 0 aliphatic carbocycles. The van der Waals surface area contributed by atoms with Crippen LogP contribution in [0.15, 0.2) is 48.0 Å². The molecule has 0 bridgehead atoms. The molecule has 0 unspecified atom stereocenters. The lowest BCUT2D eigenvalue weighted by atomic mass is 9.88. The summed E-state index contributed by atoms with van der Waals surface area (Å²) in [5.74, 6) is -0.454. The first-order valence-corrected chi connectivity index (χ1v) is 10.4. The largest absolute Gasteiger partial charge is 0.363 e. The highest BCUT2D eigenvalue weighted by atomic mass is 35.5. The van der Waals surface area contributed by atoms with Crippen molar-refractivity contribution in [2.75, 3.05) is 16.8 Å². The molecule has 154 valence electrons. The molecule has 0 atom stereocenters. The minimum absolute atomic E-state index is 0.0412. The van der Waals surface area contributed by atoms with Crippen molar-refractivity contribution in [3.63, 3.8) is 0 Å². The number of amides is 1. The molecule has 0 radical (unpaired) electrons. The average molecular weight is 420 g/mol. The van der Waals surface area contributed by atoms with Gasteiger partial charge in [0.15, 0.2) is 0 Å². The summed E-state index contributed by atoms with van der Waals surface area (Å²) in [6.45, 7) is 11.4. The molecule has 0 fully saturated rings. The number of hydrogen-bond acceptors (Lipinski definition) is 3. The molecule has 0 aromatic heterocycles. The Bertz CT molecular complexity index is 1110. The lowest BCUT2D eigenvalue weighted by Gasteiger charge is -2.42. The normalized spacial score (nSPS) is 15.2. The van der Waals surface area contributed by atoms with Crippen LogP contribution < -0.4 is 10.2 Å². The Morgan fingerprint density at radius 1 is 1.27 bits per heavy atom. The third-order valence-electron chi connectivity index (χ3n) is 5.51. The maximum absolute atomic E-state index is 12.7. The summed E-state index contributed by atoms with van der Waals surface area (Å²) < 4.78 is 0. The molecule has 2 aromatic rings. The summed E-state index contributed by atoms with van der Waals surface area (Å²) in [7, 11) is 0. The molecule has 30 heavy (non-hydrogen) atoms. The van der Waals surface area contributed by atoms with E-state index in [0.717, 1.165) is 28.9 Å². The second kappa shape index (κ2) is 8.38. The van der Waals surface area contributed by atoms with Crippen LogP contribution in [0.25, 0.3) is 11.6 Å². The zero-order valence-electron chi connectivity index (χ0n) is 18.0. The smallest absolute Gasteiger partial charge is 0.266 e. The summed E-state index contributed by atoms with van der Waals surface area (Å²) in [4.78, 5) is 15.0. The maximum Gasteiger partial charge on any atom is 0.266 e. The molecule has 1 aliphatic rings. The molecule has 0 spiro atoms. The molecule has 5 heteroatoms. The number of hydrogen-bond donors (Lipinski definition) is 1. The Labute approximate surface area is 183 Å². The lowest BCUT2D eigenvalue weighted by Crippen LogP contribution is -2.44. The van der Waals surface area contributed by atoms with E-state index in [1.807, 2.05) is 25.1 Å². The van der Waals surface area contributed by atoms with E-state index in [1.165, 1.54) is 5.57 Å². The predicted octanol–water partition coefficient (Wildman–Crippen LogP) is 6.22. The topological polar surface area (TPSA) is 56.1 Å². The van der Waals surface area contributed by atoms with Crippen LogP contribution in [-0.2, 0) is 4.79 Å². The van der Waals surface area contributed by atoms with E-state index < -0.39 is 5.91 Å². The average Bonchev–Trinajstić information content (AvgIpc) is 2.69. The minimum Gasteiger partial charge on any atom is -0.363 e. The van der Waals surface area contributed by atoms with Gasteiger partial charge in [-0.05, 0) is 81.7 Å². The first-order valence-electron chi connectivity index (χ1n) is 9.97. The zero-order chi connectivity index (χ0) is 22.1. The molecule has 1 heterocycles. The van der Waals surface area contributed by atoms with Crippen molar-refractivity contribution in [2.45, 2.75) is 40.2 Å². The van der Waals surface area contributed by atoms with Gasteiger partial charge in [0.25, 0.3) is 5.91 Å². The summed E-state index contributed by atoms with van der Waals surface area (Å²) in [6, 6.07) is 13.4. The molecule has 1 N–H and O–H groups in total. The number of anilines is 2. The van der Waals surface area contributed by atoms with Crippen molar-refractivity contribution in [2.24, 2.45) is 0 Å². The zero-order valence-corrected chi connectivity index (χ0v) is 18.8. The summed E-state index contributed by atoms with van der Waals surface area (Å²) >= 11 is 6.13. The van der Waals surface area contributed by atoms with E-state index in [-0.39, 0.29) is 11.1 Å². The minimum atomic E-state index is -0.454. The van der Waals surface area contributed by atoms with Gasteiger partial charge in [0, 0.05) is 28.5 Å². The number of nitrogens with one attached hydrogen (secondary N) is 1. The quantitative estimate of drug-likeness (QED) is 0.473. The van der Waals surface area contributed by atoms with Crippen LogP contribution in [0.4, 0.5) is 11.4 Å². The second-order valence-corrected chi connectivity index (χ2v) is 8.45. The third-order valence-corrected chi connectivity index (χ3v) is 5.92. The van der Waals surface area contributed by atoms with E-state index in [2.05, 4.69) is 50.1 Å². The highest BCUT2D eigenvalue weighted by Gasteiger charge is 2.30. The van der Waals surface area contributed by atoms with Crippen molar-refractivity contribution < 1.29 is 4.79 Å². The standard InChI is InChI=1S/C25H26ClN3O/c1-6-29-23-11-10-18(13-20(23)16(2)14-25(29,4)5)12-19(15-27)24(30)28-22-9-7-8-21(26)17(22)3/h7-14H,6H2,1-5H3,(H,28,30)/b19-12-.